The Bertz CT molecular complexity index is 319. The van der Waals surface area contributed by atoms with E-state index in [0.717, 1.165) is 11.8 Å². The highest BCUT2D eigenvalue weighted by Crippen LogP contribution is 2.46. The summed E-state index contributed by atoms with van der Waals surface area (Å²) in [6.07, 6.45) is 1.36. The van der Waals surface area contributed by atoms with E-state index in [4.69, 9.17) is 0 Å². The highest BCUT2D eigenvalue weighted by molar-refractivity contribution is 5.02. The maximum Gasteiger partial charge on any atom is 0.0259 e. The Balaban J connectivity index is 2.37. The van der Waals surface area contributed by atoms with Crippen molar-refractivity contribution in [2.24, 2.45) is 22.7 Å². The van der Waals surface area contributed by atoms with Crippen molar-refractivity contribution in [2.75, 3.05) is 19.6 Å². The van der Waals surface area contributed by atoms with Crippen LogP contribution in [0.5, 0.6) is 0 Å². The monoisotopic (exact) mass is 266 g/mol. The average molecular weight is 266 g/mol. The molecule has 2 aliphatic rings. The van der Waals surface area contributed by atoms with E-state index in [1.807, 2.05) is 0 Å². The van der Waals surface area contributed by atoms with E-state index in [0.29, 0.717) is 22.9 Å². The van der Waals surface area contributed by atoms with Gasteiger partial charge < -0.3 is 5.32 Å². The summed E-state index contributed by atoms with van der Waals surface area (Å²) in [5, 5.41) is 3.69. The summed E-state index contributed by atoms with van der Waals surface area (Å²) >= 11 is 0. The molecule has 0 aromatic heterocycles. The first-order chi connectivity index (χ1) is 8.64. The van der Waals surface area contributed by atoms with Crippen LogP contribution in [0.15, 0.2) is 0 Å². The van der Waals surface area contributed by atoms with Crippen LogP contribution in [0.1, 0.15) is 54.9 Å². The minimum Gasteiger partial charge on any atom is -0.315 e. The second kappa shape index (κ2) is 5.04. The van der Waals surface area contributed by atoms with Crippen LogP contribution in [0.4, 0.5) is 0 Å². The van der Waals surface area contributed by atoms with Crippen molar-refractivity contribution in [2.45, 2.75) is 67.0 Å². The highest BCUT2D eigenvalue weighted by Gasteiger charge is 2.48. The summed E-state index contributed by atoms with van der Waals surface area (Å²) in [6, 6.07) is 1.35. The van der Waals surface area contributed by atoms with Crippen molar-refractivity contribution in [3.63, 3.8) is 0 Å². The van der Waals surface area contributed by atoms with Crippen LogP contribution < -0.4 is 5.32 Å². The van der Waals surface area contributed by atoms with Gasteiger partial charge in [0.1, 0.15) is 0 Å². The number of nitrogens with zero attached hydrogens (tertiary/aromatic N) is 1. The van der Waals surface area contributed by atoms with Crippen LogP contribution >= 0.6 is 0 Å². The molecule has 2 heteroatoms. The Kier molecular flexibility index (Phi) is 4.06. The molecule has 0 aliphatic carbocycles. The van der Waals surface area contributed by atoms with Crippen LogP contribution in [0.2, 0.25) is 0 Å². The third-order valence-electron chi connectivity index (χ3n) is 5.44. The fraction of sp³-hybridized carbons (Fsp3) is 1.00. The zero-order valence-corrected chi connectivity index (χ0v) is 14.1. The number of rotatable bonds is 1. The highest BCUT2D eigenvalue weighted by atomic mass is 15.2. The molecule has 2 aliphatic heterocycles. The Morgan fingerprint density at radius 2 is 1.79 bits per heavy atom. The summed E-state index contributed by atoms with van der Waals surface area (Å²) in [5.74, 6) is 1.64. The molecule has 0 radical (unpaired) electrons. The molecule has 2 rings (SSSR count). The summed E-state index contributed by atoms with van der Waals surface area (Å²) in [4.78, 5) is 2.78. The van der Waals surface area contributed by atoms with Gasteiger partial charge in [-0.25, -0.2) is 0 Å². The lowest BCUT2D eigenvalue weighted by atomic mass is 9.64. The van der Waals surface area contributed by atoms with Crippen LogP contribution in [0, 0.1) is 22.7 Å². The van der Waals surface area contributed by atoms with Crippen molar-refractivity contribution in [3.05, 3.63) is 0 Å². The third kappa shape index (κ3) is 3.00. The normalized spacial score (nSPS) is 38.8. The predicted molar refractivity (Wildman–Crippen MR) is 83.3 cm³/mol. The van der Waals surface area contributed by atoms with Gasteiger partial charge in [-0.05, 0) is 42.9 Å². The molecule has 0 saturated carbocycles. The van der Waals surface area contributed by atoms with E-state index >= 15 is 0 Å². The van der Waals surface area contributed by atoms with Gasteiger partial charge >= 0.3 is 0 Å². The Morgan fingerprint density at radius 1 is 1.16 bits per heavy atom. The van der Waals surface area contributed by atoms with Gasteiger partial charge in [-0.2, -0.15) is 0 Å². The number of nitrogens with one attached hydrogen (secondary N) is 1. The van der Waals surface area contributed by atoms with Crippen molar-refractivity contribution >= 4 is 0 Å². The van der Waals surface area contributed by atoms with Crippen LogP contribution in [-0.2, 0) is 0 Å². The first-order valence-corrected chi connectivity index (χ1v) is 8.10. The number of hydrogen-bond donors (Lipinski definition) is 1. The molecule has 1 N–H and O–H groups in total. The van der Waals surface area contributed by atoms with Crippen molar-refractivity contribution in [1.82, 2.24) is 10.2 Å². The molecular formula is C17H34N2. The molecule has 2 fully saturated rings. The van der Waals surface area contributed by atoms with E-state index in [-0.39, 0.29) is 0 Å². The molecule has 3 unspecified atom stereocenters. The topological polar surface area (TPSA) is 15.3 Å². The second-order valence-electron chi connectivity index (χ2n) is 8.82. The maximum absolute atomic E-state index is 3.69. The van der Waals surface area contributed by atoms with Gasteiger partial charge in [-0.15, -0.1) is 0 Å². The zero-order valence-electron chi connectivity index (χ0n) is 14.1. The fourth-order valence-corrected chi connectivity index (χ4v) is 5.02. The molecule has 0 bridgehead atoms. The first-order valence-electron chi connectivity index (χ1n) is 8.10. The summed E-state index contributed by atoms with van der Waals surface area (Å²) in [6.45, 7) is 20.7. The quantitative estimate of drug-likeness (QED) is 0.783. The first kappa shape index (κ1) is 15.3. The second-order valence-corrected chi connectivity index (χ2v) is 8.82. The van der Waals surface area contributed by atoms with Crippen molar-refractivity contribution in [1.29, 1.82) is 0 Å². The molecule has 0 spiro atoms. The lowest BCUT2D eigenvalue weighted by Gasteiger charge is -2.50. The predicted octanol–water partition coefficient (Wildman–Crippen LogP) is 3.38. The molecule has 2 saturated heterocycles. The maximum atomic E-state index is 3.69. The van der Waals surface area contributed by atoms with Gasteiger partial charge in [0, 0.05) is 31.7 Å². The van der Waals surface area contributed by atoms with Gasteiger partial charge in [0.05, 0.1) is 0 Å². The average Bonchev–Trinajstić information content (AvgIpc) is 2.32. The Labute approximate surface area is 120 Å². The molecule has 0 aromatic carbocycles. The summed E-state index contributed by atoms with van der Waals surface area (Å²) in [5.41, 5.74) is 0.854. The lowest BCUT2D eigenvalue weighted by Crippen LogP contribution is -2.60. The van der Waals surface area contributed by atoms with E-state index in [2.05, 4.69) is 58.7 Å². The number of fused-ring (bicyclic) bond motifs is 1. The lowest BCUT2D eigenvalue weighted by molar-refractivity contribution is 0.00343. The van der Waals surface area contributed by atoms with Gasteiger partial charge in [-0.1, -0.05) is 34.6 Å². The summed E-state index contributed by atoms with van der Waals surface area (Å²) in [7, 11) is 0. The minimum atomic E-state index is 0.413. The smallest absolute Gasteiger partial charge is 0.0259 e. The number of likely N-dealkylation sites (tertiary alicyclic amines) is 1. The standard InChI is InChI=1S/C17H34N2/c1-12(2)19-11-16(4,5)8-13(3)15-14(19)9-18-10-17(15,6)7/h12-15,18H,8-11H2,1-7H3. The fourth-order valence-electron chi connectivity index (χ4n) is 5.02. The van der Waals surface area contributed by atoms with Crippen LogP contribution in [0.25, 0.3) is 0 Å². The molecule has 112 valence electrons. The molecular weight excluding hydrogens is 232 g/mol. The SMILES string of the molecule is CC1CC(C)(C)CN(C(C)C)C2CNCC(C)(C)C12. The van der Waals surface area contributed by atoms with E-state index < -0.39 is 0 Å². The van der Waals surface area contributed by atoms with Crippen molar-refractivity contribution < 1.29 is 0 Å². The van der Waals surface area contributed by atoms with Gasteiger partial charge in [0.2, 0.25) is 0 Å². The molecule has 0 amide bonds. The molecule has 2 heterocycles. The van der Waals surface area contributed by atoms with Crippen molar-refractivity contribution in [3.8, 4) is 0 Å². The Morgan fingerprint density at radius 3 is 2.37 bits per heavy atom. The van der Waals surface area contributed by atoms with E-state index in [9.17, 15) is 0 Å². The van der Waals surface area contributed by atoms with Gasteiger partial charge in [0.15, 0.2) is 0 Å². The van der Waals surface area contributed by atoms with Gasteiger partial charge in [0.25, 0.3) is 0 Å². The van der Waals surface area contributed by atoms with Gasteiger partial charge in [-0.3, -0.25) is 4.90 Å². The summed E-state index contributed by atoms with van der Waals surface area (Å²) < 4.78 is 0. The molecule has 0 aromatic rings. The molecule has 19 heavy (non-hydrogen) atoms. The number of hydrogen-bond acceptors (Lipinski definition) is 2. The zero-order chi connectivity index (χ0) is 14.4. The minimum absolute atomic E-state index is 0.413. The van der Waals surface area contributed by atoms with E-state index in [1.165, 1.54) is 26.1 Å². The molecule has 2 nitrogen and oxygen atoms in total. The largest absolute Gasteiger partial charge is 0.315 e. The van der Waals surface area contributed by atoms with Crippen LogP contribution in [0.3, 0.4) is 0 Å². The number of piperidine rings is 1. The third-order valence-corrected chi connectivity index (χ3v) is 5.44. The van der Waals surface area contributed by atoms with Crippen LogP contribution in [-0.4, -0.2) is 36.6 Å². The molecule has 3 atom stereocenters. The Hall–Kier alpha value is -0.0800. The van der Waals surface area contributed by atoms with E-state index in [1.54, 1.807) is 0 Å².